The van der Waals surface area contributed by atoms with Crippen LogP contribution in [0, 0.1) is 22.7 Å². The molecule has 12 nitrogen and oxygen atoms in total. The summed E-state index contributed by atoms with van der Waals surface area (Å²) in [5, 5.41) is 23.8. The zero-order valence-electron chi connectivity index (χ0n) is 87.7. The number of unbranched alkanes of at least 4 members (excludes halogenated alkanes) is 63. The summed E-state index contributed by atoms with van der Waals surface area (Å²) in [6.45, 7) is 25.5. The summed E-state index contributed by atoms with van der Waals surface area (Å²) in [6, 6.07) is 17.8. The first-order valence-corrected chi connectivity index (χ1v) is 56.9. The van der Waals surface area contributed by atoms with E-state index in [2.05, 4.69) is 111 Å². The van der Waals surface area contributed by atoms with Gasteiger partial charge in [0.05, 0.1) is 82.0 Å². The van der Waals surface area contributed by atoms with E-state index < -0.39 is 0 Å². The molecule has 4 aromatic rings. The highest BCUT2D eigenvalue weighted by Crippen LogP contribution is 2.44. The van der Waals surface area contributed by atoms with Crippen molar-refractivity contribution in [3.63, 3.8) is 0 Å². The number of pyridine rings is 1. The molecule has 0 amide bonds. The normalized spacial score (nSPS) is 11.6. The maximum atomic E-state index is 11.9. The quantitative estimate of drug-likeness (QED) is 0.0388. The number of hydrogen-bond donors (Lipinski definition) is 0. The lowest BCUT2D eigenvalue weighted by Crippen LogP contribution is -2.07. The highest BCUT2D eigenvalue weighted by molar-refractivity contribution is 5.85. The molecule has 12 heteroatoms. The summed E-state index contributed by atoms with van der Waals surface area (Å²) >= 11 is 0. The number of nitrogens with zero attached hydrogens (tertiary/aromatic N) is 3. The van der Waals surface area contributed by atoms with E-state index in [1.165, 1.54) is 347 Å². The molecule has 0 N–H and O–H groups in total. The van der Waals surface area contributed by atoms with Crippen LogP contribution in [0.4, 0.5) is 0 Å². The van der Waals surface area contributed by atoms with Gasteiger partial charge in [-0.3, -0.25) is 0 Å². The Balaban J connectivity index is 2.10. The number of aromatic nitrogens is 1. The van der Waals surface area contributed by atoms with Crippen molar-refractivity contribution in [1.82, 2.24) is 4.98 Å². The second kappa shape index (κ2) is 86.8. The third-order valence-corrected chi connectivity index (χ3v) is 26.2. The van der Waals surface area contributed by atoms with Gasteiger partial charge in [-0.15, -0.1) is 0 Å². The average Bonchev–Trinajstić information content (AvgIpc) is 0.780. The molecule has 0 radical (unpaired) electrons. The van der Waals surface area contributed by atoms with Crippen molar-refractivity contribution in [2.75, 3.05) is 59.5 Å². The molecule has 0 aliphatic carbocycles. The van der Waals surface area contributed by atoms with E-state index in [0.717, 1.165) is 132 Å². The largest absolute Gasteiger partial charge is 0.490 e. The SMILES string of the molecule is CCCCCCCCCCOc1cc(/C=C/c2nc(/C=C/c3cc(OCCCCCCCCCC)c(OCCCCCCCCCC)c(OCCCCCCCCCC)c3)c(C#N)c(/C=C/c3cc(OCCCCCCCCCC)c(OCCCCCCCCCC)c(OCCCCCCCCCC)c3)c2C#N)cc(OCCCCCCCCCC)c1OCCCCCCCCCC. The van der Waals surface area contributed by atoms with E-state index in [1.54, 1.807) is 0 Å². The Labute approximate surface area is 818 Å². The maximum Gasteiger partial charge on any atom is 0.203 e. The second-order valence-corrected chi connectivity index (χ2v) is 38.7. The summed E-state index contributed by atoms with van der Waals surface area (Å²) in [4.78, 5) is 5.43. The highest BCUT2D eigenvalue weighted by atomic mass is 16.6. The van der Waals surface area contributed by atoms with Gasteiger partial charge in [-0.1, -0.05) is 491 Å². The fraction of sp³-hybridized carbons (Fsp3) is 0.744. The van der Waals surface area contributed by atoms with Crippen LogP contribution < -0.4 is 42.6 Å². The molecule has 4 rings (SSSR count). The van der Waals surface area contributed by atoms with Crippen LogP contribution in [0.1, 0.15) is 569 Å². The standard InChI is InChI=1S/C121H201N3O9/c1-10-19-28-37-46-55-64-73-88-125-113-97-105(98-114(126-89-74-65-56-47-38-29-20-11-2)119(113)131-94-79-70-61-52-43-34-25-16-7)82-85-108-109(103-122)111(86-83-106-99-115(127-90-75-66-57-48-39-30-21-12-3)120(132-95-80-71-62-53-44-35-26-17-8)116(100-106)128-91-76-67-58-49-40-31-22-13-4)124-112(110(108)104-123)87-84-107-101-117(129-92-77-68-59-50-41-32-23-14-5)121(133-96-81-72-63-54-45-36-27-18-9)118(102-107)130-93-78-69-60-51-42-33-24-15-6/h82-87,97-102H,10-81,88-96H2,1-9H3/b85-82+,86-83+,87-84+. The lowest BCUT2D eigenvalue weighted by Gasteiger charge is -2.19. The van der Waals surface area contributed by atoms with Gasteiger partial charge in [0.2, 0.25) is 17.2 Å². The van der Waals surface area contributed by atoms with Gasteiger partial charge < -0.3 is 42.6 Å². The first kappa shape index (κ1) is 119. The average molecular weight is 1840 g/mol. The van der Waals surface area contributed by atoms with Crippen LogP contribution in [0.15, 0.2) is 36.4 Å². The van der Waals surface area contributed by atoms with Crippen LogP contribution in [-0.4, -0.2) is 64.4 Å². The molecule has 0 bridgehead atoms. The lowest BCUT2D eigenvalue weighted by molar-refractivity contribution is 0.234. The maximum absolute atomic E-state index is 11.9. The van der Waals surface area contributed by atoms with Crippen molar-refractivity contribution in [1.29, 1.82) is 10.5 Å². The Kier molecular flexibility index (Phi) is 77.3. The third kappa shape index (κ3) is 59.2. The van der Waals surface area contributed by atoms with E-state index in [4.69, 9.17) is 47.6 Å². The first-order chi connectivity index (χ1) is 65.8. The Bertz CT molecular complexity index is 3290. The summed E-state index contributed by atoms with van der Waals surface area (Å²) < 4.78 is 62.4. The zero-order chi connectivity index (χ0) is 95.1. The Morgan fingerprint density at radius 3 is 0.489 bits per heavy atom. The Morgan fingerprint density at radius 1 is 0.188 bits per heavy atom. The summed E-state index contributed by atoms with van der Waals surface area (Å²) in [5.74, 6) is 5.92. The van der Waals surface area contributed by atoms with E-state index >= 15 is 0 Å². The van der Waals surface area contributed by atoms with E-state index in [1.807, 2.05) is 36.5 Å². The van der Waals surface area contributed by atoms with Crippen LogP contribution >= 0.6 is 0 Å². The molecule has 0 spiro atoms. The minimum absolute atomic E-state index is 0.276. The van der Waals surface area contributed by atoms with E-state index in [9.17, 15) is 10.5 Å². The third-order valence-electron chi connectivity index (χ3n) is 26.2. The topological polar surface area (TPSA) is 144 Å². The van der Waals surface area contributed by atoms with Crippen LogP contribution in [0.2, 0.25) is 0 Å². The van der Waals surface area contributed by atoms with Gasteiger partial charge in [0.1, 0.15) is 12.1 Å². The number of rotatable bonds is 96. The van der Waals surface area contributed by atoms with Gasteiger partial charge in [-0.2, -0.15) is 10.5 Å². The van der Waals surface area contributed by atoms with Crippen molar-refractivity contribution in [3.8, 4) is 63.9 Å². The van der Waals surface area contributed by atoms with E-state index in [0.29, 0.717) is 128 Å². The van der Waals surface area contributed by atoms with E-state index in [-0.39, 0.29) is 11.1 Å². The van der Waals surface area contributed by atoms with Gasteiger partial charge in [0, 0.05) is 5.56 Å². The fourth-order valence-electron chi connectivity index (χ4n) is 17.7. The number of hydrogen-bond acceptors (Lipinski definition) is 12. The molecule has 3 aromatic carbocycles. The molecule has 133 heavy (non-hydrogen) atoms. The summed E-state index contributed by atoms with van der Waals surface area (Å²) in [6.07, 6.45) is 98.2. The Morgan fingerprint density at radius 2 is 0.331 bits per heavy atom. The molecular weight excluding hydrogens is 1640 g/mol. The van der Waals surface area contributed by atoms with Gasteiger partial charge in [-0.05, 0) is 123 Å². The first-order valence-electron chi connectivity index (χ1n) is 56.9. The van der Waals surface area contributed by atoms with Crippen molar-refractivity contribution >= 4 is 36.5 Å². The van der Waals surface area contributed by atoms with Crippen LogP contribution in [0.3, 0.4) is 0 Å². The van der Waals surface area contributed by atoms with Crippen molar-refractivity contribution in [3.05, 3.63) is 81.2 Å². The summed E-state index contributed by atoms with van der Waals surface area (Å²) in [7, 11) is 0. The second-order valence-electron chi connectivity index (χ2n) is 38.7. The molecule has 0 unspecified atom stereocenters. The molecule has 1 heterocycles. The number of nitriles is 2. The van der Waals surface area contributed by atoms with Crippen LogP contribution in [0.25, 0.3) is 36.5 Å². The van der Waals surface area contributed by atoms with Gasteiger partial charge >= 0.3 is 0 Å². The van der Waals surface area contributed by atoms with Crippen LogP contribution in [-0.2, 0) is 0 Å². The molecule has 0 saturated heterocycles. The molecule has 0 atom stereocenters. The zero-order valence-corrected chi connectivity index (χ0v) is 87.7. The van der Waals surface area contributed by atoms with Gasteiger partial charge in [0.15, 0.2) is 34.5 Å². The minimum Gasteiger partial charge on any atom is -0.490 e. The van der Waals surface area contributed by atoms with Crippen molar-refractivity contribution in [2.24, 2.45) is 0 Å². The molecule has 0 saturated carbocycles. The molecular formula is C121H201N3O9. The lowest BCUT2D eigenvalue weighted by atomic mass is 9.96. The highest BCUT2D eigenvalue weighted by Gasteiger charge is 2.23. The smallest absolute Gasteiger partial charge is 0.203 e. The van der Waals surface area contributed by atoms with Gasteiger partial charge in [0.25, 0.3) is 0 Å². The minimum atomic E-state index is 0.276. The predicted molar refractivity (Wildman–Crippen MR) is 573 cm³/mol. The number of benzene rings is 3. The molecule has 0 fully saturated rings. The van der Waals surface area contributed by atoms with Gasteiger partial charge in [-0.25, -0.2) is 4.98 Å². The summed E-state index contributed by atoms with van der Waals surface area (Å²) in [5.41, 5.74) is 4.30. The number of ether oxygens (including phenoxy) is 9. The van der Waals surface area contributed by atoms with Crippen LogP contribution in [0.5, 0.6) is 51.7 Å². The molecule has 0 aliphatic heterocycles. The van der Waals surface area contributed by atoms with Crippen molar-refractivity contribution in [2.45, 2.75) is 525 Å². The molecule has 1 aromatic heterocycles. The van der Waals surface area contributed by atoms with Crippen molar-refractivity contribution < 1.29 is 42.6 Å². The monoisotopic (exact) mass is 1840 g/mol. The fourth-order valence-corrected chi connectivity index (χ4v) is 17.7. The molecule has 754 valence electrons. The molecule has 0 aliphatic rings. The predicted octanol–water partition coefficient (Wildman–Crippen LogP) is 39.0. The Hall–Kier alpha value is -6.79.